The van der Waals surface area contributed by atoms with Crippen LogP contribution in [0.25, 0.3) is 10.2 Å². The predicted octanol–water partition coefficient (Wildman–Crippen LogP) is 4.53. The van der Waals surface area contributed by atoms with E-state index >= 15 is 0 Å². The molecule has 2 aromatic carbocycles. The summed E-state index contributed by atoms with van der Waals surface area (Å²) in [6.07, 6.45) is 0.291. The number of benzene rings is 2. The second-order valence-electron chi connectivity index (χ2n) is 6.35. The zero-order chi connectivity index (χ0) is 20.6. The third-order valence-electron chi connectivity index (χ3n) is 4.29. The fourth-order valence-electron chi connectivity index (χ4n) is 2.98. The van der Waals surface area contributed by atoms with E-state index in [4.69, 9.17) is 9.47 Å². The highest BCUT2D eigenvalue weighted by Crippen LogP contribution is 2.23. The van der Waals surface area contributed by atoms with Gasteiger partial charge in [-0.3, -0.25) is 4.79 Å². The number of carbonyl (C=O) groups is 1. The Kier molecular flexibility index (Phi) is 7.91. The molecule has 154 valence electrons. The zero-order valence-electron chi connectivity index (χ0n) is 17.0. The molecule has 0 radical (unpaired) electrons. The summed E-state index contributed by atoms with van der Waals surface area (Å²) in [6.45, 7) is 5.90. The van der Waals surface area contributed by atoms with Crippen molar-refractivity contribution in [2.75, 3.05) is 26.1 Å². The lowest BCUT2D eigenvalue weighted by Crippen LogP contribution is -2.19. The number of ether oxygens (including phenoxy) is 2. The van der Waals surface area contributed by atoms with Crippen LogP contribution in [-0.4, -0.2) is 36.6 Å². The van der Waals surface area contributed by atoms with E-state index in [0.717, 1.165) is 27.3 Å². The maximum atomic E-state index is 12.6. The number of nitrogens with zero attached hydrogens (tertiary/aromatic N) is 2. The Morgan fingerprint density at radius 2 is 1.97 bits per heavy atom. The Balaban J connectivity index is 1.88. The van der Waals surface area contributed by atoms with Gasteiger partial charge in [-0.25, -0.2) is 0 Å². The molecule has 0 aliphatic rings. The lowest BCUT2D eigenvalue weighted by Gasteiger charge is -2.06. The fraction of sp³-hybridized carbons (Fsp3) is 0.364. The Labute approximate surface area is 179 Å². The van der Waals surface area contributed by atoms with Crippen molar-refractivity contribution in [3.05, 3.63) is 52.8 Å². The average molecular weight is 431 g/mol. The summed E-state index contributed by atoms with van der Waals surface area (Å²) >= 11 is 3.29. The van der Waals surface area contributed by atoms with E-state index in [1.54, 1.807) is 18.9 Å². The number of hydrogen-bond donors (Lipinski definition) is 0. The molecule has 5 nitrogen and oxygen atoms in total. The first-order valence-electron chi connectivity index (χ1n) is 9.69. The van der Waals surface area contributed by atoms with E-state index in [2.05, 4.69) is 24.0 Å². The number of amides is 1. The summed E-state index contributed by atoms with van der Waals surface area (Å²) in [5.41, 5.74) is 2.00. The third kappa shape index (κ3) is 5.72. The van der Waals surface area contributed by atoms with Crippen LogP contribution in [0.1, 0.15) is 19.4 Å². The molecule has 7 heteroatoms. The quantitative estimate of drug-likeness (QED) is 0.468. The second kappa shape index (κ2) is 10.6. The van der Waals surface area contributed by atoms with Crippen molar-refractivity contribution < 1.29 is 14.3 Å². The van der Waals surface area contributed by atoms with E-state index in [1.807, 2.05) is 41.8 Å². The molecule has 29 heavy (non-hydrogen) atoms. The highest BCUT2D eigenvalue weighted by Gasteiger charge is 2.10. The number of hydrogen-bond acceptors (Lipinski definition) is 5. The summed E-state index contributed by atoms with van der Waals surface area (Å²) in [4.78, 5) is 19.0. The van der Waals surface area contributed by atoms with Gasteiger partial charge in [-0.05, 0) is 48.6 Å². The lowest BCUT2D eigenvalue weighted by molar-refractivity contribution is -0.117. The molecule has 0 N–H and O–H groups in total. The van der Waals surface area contributed by atoms with Crippen molar-refractivity contribution in [1.29, 1.82) is 0 Å². The van der Waals surface area contributed by atoms with Crippen LogP contribution in [0.2, 0.25) is 0 Å². The van der Waals surface area contributed by atoms with Crippen LogP contribution in [0.15, 0.2) is 52.4 Å². The summed E-state index contributed by atoms with van der Waals surface area (Å²) in [7, 11) is 1.67. The molecule has 1 amide bonds. The molecule has 0 saturated carbocycles. The molecule has 1 heterocycles. The van der Waals surface area contributed by atoms with Crippen molar-refractivity contribution >= 4 is 39.2 Å². The van der Waals surface area contributed by atoms with Crippen molar-refractivity contribution in [3.8, 4) is 5.75 Å². The summed E-state index contributed by atoms with van der Waals surface area (Å²) in [6, 6.07) is 14.1. The number of thioether (sulfide) groups is 1. The largest absolute Gasteiger partial charge is 0.494 e. The van der Waals surface area contributed by atoms with E-state index in [0.29, 0.717) is 31.0 Å². The maximum absolute atomic E-state index is 12.6. The van der Waals surface area contributed by atoms with Crippen molar-refractivity contribution in [1.82, 2.24) is 4.57 Å². The maximum Gasteiger partial charge on any atom is 0.252 e. The average Bonchev–Trinajstić information content (AvgIpc) is 3.04. The first kappa shape index (κ1) is 21.6. The fourth-order valence-corrected chi connectivity index (χ4v) is 4.75. The van der Waals surface area contributed by atoms with E-state index < -0.39 is 0 Å². The van der Waals surface area contributed by atoms with Gasteiger partial charge in [0.25, 0.3) is 5.91 Å². The van der Waals surface area contributed by atoms with E-state index in [1.165, 1.54) is 16.2 Å². The Morgan fingerprint density at radius 3 is 2.66 bits per heavy atom. The molecule has 0 saturated heterocycles. The van der Waals surface area contributed by atoms with Gasteiger partial charge in [0.2, 0.25) is 0 Å². The minimum atomic E-state index is -0.149. The van der Waals surface area contributed by atoms with Gasteiger partial charge in [-0.1, -0.05) is 30.4 Å². The van der Waals surface area contributed by atoms with Gasteiger partial charge in [-0.15, -0.1) is 11.8 Å². The number of fused-ring (bicyclic) bond motifs is 1. The third-order valence-corrected chi connectivity index (χ3v) is 6.23. The number of rotatable bonds is 9. The summed E-state index contributed by atoms with van der Waals surface area (Å²) < 4.78 is 13.9. The smallest absolute Gasteiger partial charge is 0.252 e. The Morgan fingerprint density at radius 1 is 1.17 bits per heavy atom. The van der Waals surface area contributed by atoms with Gasteiger partial charge in [0, 0.05) is 18.6 Å². The summed E-state index contributed by atoms with van der Waals surface area (Å²) in [5.74, 6) is 1.71. The Hall–Kier alpha value is -2.09. The first-order valence-corrected chi connectivity index (χ1v) is 11.5. The topological polar surface area (TPSA) is 52.8 Å². The van der Waals surface area contributed by atoms with Gasteiger partial charge in [-0.2, -0.15) is 4.99 Å². The van der Waals surface area contributed by atoms with Crippen LogP contribution in [0.5, 0.6) is 5.75 Å². The molecule has 0 atom stereocenters. The van der Waals surface area contributed by atoms with Gasteiger partial charge in [0.05, 0.1) is 29.9 Å². The zero-order valence-corrected chi connectivity index (χ0v) is 18.6. The molecule has 0 unspecified atom stereocenters. The SMILES string of the molecule is CCOc1ccc2c(c1)sc(=NC(=O)Cc1ccc(SCC)cc1)n2CCOC. The predicted molar refractivity (Wildman–Crippen MR) is 120 cm³/mol. The standard InChI is InChI=1S/C22H26N2O3S2/c1-4-27-17-8-11-19-20(15-17)29-22(24(19)12-13-26-3)23-21(25)14-16-6-9-18(10-7-16)28-5-2/h6-11,15H,4-5,12-14H2,1-3H3. The molecule has 0 spiro atoms. The minimum absolute atomic E-state index is 0.149. The molecule has 0 fully saturated rings. The summed E-state index contributed by atoms with van der Waals surface area (Å²) in [5, 5.41) is 0. The monoisotopic (exact) mass is 430 g/mol. The van der Waals surface area contributed by atoms with Crippen molar-refractivity contribution in [3.63, 3.8) is 0 Å². The van der Waals surface area contributed by atoms with E-state index in [-0.39, 0.29) is 5.91 Å². The molecule has 0 aliphatic heterocycles. The molecule has 3 rings (SSSR count). The van der Waals surface area contributed by atoms with Crippen molar-refractivity contribution in [2.24, 2.45) is 4.99 Å². The van der Waals surface area contributed by atoms with Gasteiger partial charge in [0.1, 0.15) is 5.75 Å². The first-order chi connectivity index (χ1) is 14.1. The van der Waals surface area contributed by atoms with Crippen LogP contribution in [0.3, 0.4) is 0 Å². The van der Waals surface area contributed by atoms with Crippen LogP contribution >= 0.6 is 23.1 Å². The van der Waals surface area contributed by atoms with Gasteiger partial charge in [0.15, 0.2) is 4.80 Å². The normalized spacial score (nSPS) is 11.9. The minimum Gasteiger partial charge on any atom is -0.494 e. The molecule has 0 aliphatic carbocycles. The van der Waals surface area contributed by atoms with Crippen LogP contribution < -0.4 is 9.54 Å². The number of methoxy groups -OCH3 is 1. The highest BCUT2D eigenvalue weighted by atomic mass is 32.2. The van der Waals surface area contributed by atoms with Crippen LogP contribution in [0, 0.1) is 0 Å². The number of thiazole rings is 1. The molecule has 3 aromatic rings. The Bertz CT molecular complexity index is 1020. The second-order valence-corrected chi connectivity index (χ2v) is 8.70. The van der Waals surface area contributed by atoms with Crippen LogP contribution in [-0.2, 0) is 22.5 Å². The van der Waals surface area contributed by atoms with Crippen LogP contribution in [0.4, 0.5) is 0 Å². The molecular weight excluding hydrogens is 404 g/mol. The molecule has 1 aromatic heterocycles. The van der Waals surface area contributed by atoms with Crippen molar-refractivity contribution in [2.45, 2.75) is 31.7 Å². The van der Waals surface area contributed by atoms with Gasteiger partial charge < -0.3 is 14.0 Å². The highest BCUT2D eigenvalue weighted by molar-refractivity contribution is 7.99. The number of carbonyl (C=O) groups excluding carboxylic acids is 1. The van der Waals surface area contributed by atoms with E-state index in [9.17, 15) is 4.79 Å². The molecular formula is C22H26N2O3S2. The van der Waals surface area contributed by atoms with Gasteiger partial charge >= 0.3 is 0 Å². The molecule has 0 bridgehead atoms. The lowest BCUT2D eigenvalue weighted by atomic mass is 10.1. The number of aromatic nitrogens is 1.